The van der Waals surface area contributed by atoms with Crippen molar-refractivity contribution in [1.29, 1.82) is 0 Å². The Bertz CT molecular complexity index is 341. The molecule has 1 rings (SSSR count). The molecule has 15 heavy (non-hydrogen) atoms. The highest BCUT2D eigenvalue weighted by Crippen LogP contribution is 2.07. The van der Waals surface area contributed by atoms with Gasteiger partial charge in [0.05, 0.1) is 10.6 Å². The van der Waals surface area contributed by atoms with Gasteiger partial charge in [-0.05, 0) is 20.2 Å². The summed E-state index contributed by atoms with van der Waals surface area (Å²) < 4.78 is 0. The smallest absolute Gasteiger partial charge is 0.252 e. The average molecular weight is 228 g/mol. The first-order valence-electron chi connectivity index (χ1n) is 4.63. The molecule has 0 aliphatic rings. The van der Waals surface area contributed by atoms with E-state index in [2.05, 4.69) is 10.3 Å². The minimum Gasteiger partial charge on any atom is -0.351 e. The van der Waals surface area contributed by atoms with Gasteiger partial charge in [-0.1, -0.05) is 11.6 Å². The Hall–Kier alpha value is -1.13. The largest absolute Gasteiger partial charge is 0.351 e. The van der Waals surface area contributed by atoms with Crippen molar-refractivity contribution in [3.05, 3.63) is 29.0 Å². The fourth-order valence-electron chi connectivity index (χ4n) is 1.03. The highest BCUT2D eigenvalue weighted by Gasteiger charge is 2.05. The molecule has 0 saturated carbocycles. The van der Waals surface area contributed by atoms with E-state index in [4.69, 9.17) is 11.6 Å². The van der Waals surface area contributed by atoms with Crippen LogP contribution in [0.3, 0.4) is 0 Å². The summed E-state index contributed by atoms with van der Waals surface area (Å²) in [7, 11) is 3.90. The standard InChI is InChI=1S/C10H14ClN3O/c1-14(2)4-3-13-10(15)8-5-9(11)7-12-6-8/h5-7H,3-4H2,1-2H3,(H,13,15). The van der Waals surface area contributed by atoms with Crippen LogP contribution in [0.25, 0.3) is 0 Å². The number of nitrogens with zero attached hydrogens (tertiary/aromatic N) is 2. The average Bonchev–Trinajstić information content (AvgIpc) is 2.17. The summed E-state index contributed by atoms with van der Waals surface area (Å²) in [6.07, 6.45) is 3.00. The molecule has 0 saturated heterocycles. The summed E-state index contributed by atoms with van der Waals surface area (Å²) in [6, 6.07) is 1.60. The maximum absolute atomic E-state index is 11.6. The predicted molar refractivity (Wildman–Crippen MR) is 60.1 cm³/mol. The first kappa shape index (κ1) is 11.9. The lowest BCUT2D eigenvalue weighted by molar-refractivity contribution is 0.0950. The Morgan fingerprint density at radius 1 is 1.53 bits per heavy atom. The van der Waals surface area contributed by atoms with E-state index in [1.807, 2.05) is 19.0 Å². The first-order valence-corrected chi connectivity index (χ1v) is 5.01. The van der Waals surface area contributed by atoms with Gasteiger partial charge in [0, 0.05) is 25.5 Å². The van der Waals surface area contributed by atoms with Crippen molar-refractivity contribution in [3.63, 3.8) is 0 Å². The molecule has 1 N–H and O–H groups in total. The molecule has 0 bridgehead atoms. The zero-order valence-electron chi connectivity index (χ0n) is 8.83. The molecule has 0 fully saturated rings. The second-order valence-electron chi connectivity index (χ2n) is 3.45. The maximum atomic E-state index is 11.6. The molecular weight excluding hydrogens is 214 g/mol. The zero-order valence-corrected chi connectivity index (χ0v) is 9.58. The fraction of sp³-hybridized carbons (Fsp3) is 0.400. The second kappa shape index (κ2) is 5.68. The molecule has 1 aromatic heterocycles. The second-order valence-corrected chi connectivity index (χ2v) is 3.89. The number of carbonyl (C=O) groups excluding carboxylic acids is 1. The van der Waals surface area contributed by atoms with Crippen LogP contribution in [0.15, 0.2) is 18.5 Å². The topological polar surface area (TPSA) is 45.2 Å². The molecule has 0 spiro atoms. The minimum atomic E-state index is -0.146. The molecule has 0 aliphatic heterocycles. The number of rotatable bonds is 4. The van der Waals surface area contributed by atoms with E-state index in [1.165, 1.54) is 12.4 Å². The molecule has 0 aromatic carbocycles. The maximum Gasteiger partial charge on any atom is 0.252 e. The van der Waals surface area contributed by atoms with Crippen molar-refractivity contribution in [2.24, 2.45) is 0 Å². The van der Waals surface area contributed by atoms with Crippen molar-refractivity contribution in [2.75, 3.05) is 27.2 Å². The van der Waals surface area contributed by atoms with Crippen LogP contribution in [0.1, 0.15) is 10.4 Å². The van der Waals surface area contributed by atoms with Crippen molar-refractivity contribution >= 4 is 17.5 Å². The molecule has 1 amide bonds. The summed E-state index contributed by atoms with van der Waals surface area (Å²) in [5, 5.41) is 3.25. The van der Waals surface area contributed by atoms with Crippen molar-refractivity contribution in [2.45, 2.75) is 0 Å². The molecule has 0 radical (unpaired) electrons. The lowest BCUT2D eigenvalue weighted by Crippen LogP contribution is -2.31. The third kappa shape index (κ3) is 4.27. The monoisotopic (exact) mass is 227 g/mol. The third-order valence-corrected chi connectivity index (χ3v) is 2.02. The van der Waals surface area contributed by atoms with Gasteiger partial charge in [-0.25, -0.2) is 0 Å². The highest BCUT2D eigenvalue weighted by atomic mass is 35.5. The van der Waals surface area contributed by atoms with Gasteiger partial charge in [0.2, 0.25) is 0 Å². The van der Waals surface area contributed by atoms with E-state index >= 15 is 0 Å². The number of likely N-dealkylation sites (N-methyl/N-ethyl adjacent to an activating group) is 1. The number of hydrogen-bond donors (Lipinski definition) is 1. The van der Waals surface area contributed by atoms with Crippen molar-refractivity contribution < 1.29 is 4.79 Å². The van der Waals surface area contributed by atoms with Crippen LogP contribution >= 0.6 is 11.6 Å². The van der Waals surface area contributed by atoms with Gasteiger partial charge in [-0.3, -0.25) is 9.78 Å². The number of carbonyl (C=O) groups is 1. The molecule has 4 nitrogen and oxygen atoms in total. The Labute approximate surface area is 94.3 Å². The quantitative estimate of drug-likeness (QED) is 0.836. The number of amides is 1. The van der Waals surface area contributed by atoms with Gasteiger partial charge in [0.25, 0.3) is 5.91 Å². The van der Waals surface area contributed by atoms with Crippen LogP contribution in [0.5, 0.6) is 0 Å². The number of halogens is 1. The van der Waals surface area contributed by atoms with Gasteiger partial charge >= 0.3 is 0 Å². The van der Waals surface area contributed by atoms with Gasteiger partial charge in [0.1, 0.15) is 0 Å². The van der Waals surface area contributed by atoms with E-state index in [0.29, 0.717) is 17.1 Å². The SMILES string of the molecule is CN(C)CCNC(=O)c1cncc(Cl)c1. The molecule has 0 unspecified atom stereocenters. The van der Waals surface area contributed by atoms with Crippen LogP contribution in [0, 0.1) is 0 Å². The van der Waals surface area contributed by atoms with Gasteiger partial charge in [-0.2, -0.15) is 0 Å². The third-order valence-electron chi connectivity index (χ3n) is 1.81. The lowest BCUT2D eigenvalue weighted by atomic mass is 10.3. The number of hydrogen-bond acceptors (Lipinski definition) is 3. The van der Waals surface area contributed by atoms with Crippen LogP contribution in [0.2, 0.25) is 5.02 Å². The van der Waals surface area contributed by atoms with E-state index in [-0.39, 0.29) is 5.91 Å². The van der Waals surface area contributed by atoms with Crippen LogP contribution < -0.4 is 5.32 Å². The Morgan fingerprint density at radius 3 is 2.87 bits per heavy atom. The molecule has 82 valence electrons. The Balaban J connectivity index is 2.47. The molecule has 1 aromatic rings. The van der Waals surface area contributed by atoms with Crippen molar-refractivity contribution in [1.82, 2.24) is 15.2 Å². The highest BCUT2D eigenvalue weighted by molar-refractivity contribution is 6.30. The zero-order chi connectivity index (χ0) is 11.3. The van der Waals surface area contributed by atoms with E-state index in [9.17, 15) is 4.79 Å². The molecule has 1 heterocycles. The van der Waals surface area contributed by atoms with E-state index in [1.54, 1.807) is 6.07 Å². The summed E-state index contributed by atoms with van der Waals surface area (Å²) in [5.74, 6) is -0.146. The number of aromatic nitrogens is 1. The lowest BCUT2D eigenvalue weighted by Gasteiger charge is -2.10. The number of pyridine rings is 1. The summed E-state index contributed by atoms with van der Waals surface area (Å²) in [5.41, 5.74) is 0.487. The van der Waals surface area contributed by atoms with Crippen LogP contribution in [-0.2, 0) is 0 Å². The fourth-order valence-corrected chi connectivity index (χ4v) is 1.21. The number of nitrogens with one attached hydrogen (secondary N) is 1. The molecule has 0 atom stereocenters. The minimum absolute atomic E-state index is 0.146. The van der Waals surface area contributed by atoms with Gasteiger partial charge in [0.15, 0.2) is 0 Å². The molecular formula is C10H14ClN3O. The van der Waals surface area contributed by atoms with Crippen LogP contribution in [-0.4, -0.2) is 43.0 Å². The van der Waals surface area contributed by atoms with Gasteiger partial charge in [-0.15, -0.1) is 0 Å². The summed E-state index contributed by atoms with van der Waals surface area (Å²) >= 11 is 5.72. The van der Waals surface area contributed by atoms with Crippen molar-refractivity contribution in [3.8, 4) is 0 Å². The summed E-state index contributed by atoms with van der Waals surface area (Å²) in [4.78, 5) is 17.4. The normalized spacial score (nSPS) is 10.4. The predicted octanol–water partition coefficient (Wildman–Crippen LogP) is 1.03. The molecule has 5 heteroatoms. The molecule has 0 aliphatic carbocycles. The first-order chi connectivity index (χ1) is 7.09. The van der Waals surface area contributed by atoms with E-state index in [0.717, 1.165) is 6.54 Å². The summed E-state index contributed by atoms with van der Waals surface area (Å²) in [6.45, 7) is 1.41. The Kier molecular flexibility index (Phi) is 4.52. The van der Waals surface area contributed by atoms with E-state index < -0.39 is 0 Å². The van der Waals surface area contributed by atoms with Gasteiger partial charge < -0.3 is 10.2 Å². The van der Waals surface area contributed by atoms with Crippen LogP contribution in [0.4, 0.5) is 0 Å². The Morgan fingerprint density at radius 2 is 2.27 bits per heavy atom.